The second kappa shape index (κ2) is 7.10. The summed E-state index contributed by atoms with van der Waals surface area (Å²) in [7, 11) is 1.84. The Morgan fingerprint density at radius 1 is 1.33 bits per heavy atom. The zero-order chi connectivity index (χ0) is 16.0. The fourth-order valence-electron chi connectivity index (χ4n) is 2.08. The van der Waals surface area contributed by atoms with Crippen LogP contribution in [-0.4, -0.2) is 33.4 Å². The monoisotopic (exact) mass is 296 g/mol. The molecule has 0 aliphatic rings. The van der Waals surface area contributed by atoms with Crippen molar-refractivity contribution in [3.05, 3.63) is 17.5 Å². The molecule has 0 fully saturated rings. The molecule has 0 aliphatic heterocycles. The molecule has 21 heavy (non-hydrogen) atoms. The summed E-state index contributed by atoms with van der Waals surface area (Å²) in [6, 6.07) is -0.370. The van der Waals surface area contributed by atoms with Crippen molar-refractivity contribution in [2.24, 2.45) is 12.5 Å². The van der Waals surface area contributed by atoms with E-state index in [1.165, 1.54) is 0 Å². The minimum absolute atomic E-state index is 0.118. The Balaban J connectivity index is 2.51. The topological polar surface area (TPSA) is 96.3 Å². The third kappa shape index (κ3) is 3.96. The number of hydrogen-bond donors (Lipinski definition) is 3. The molecule has 0 radical (unpaired) electrons. The normalized spacial score (nSPS) is 11.2. The summed E-state index contributed by atoms with van der Waals surface area (Å²) >= 11 is 0. The van der Waals surface area contributed by atoms with Crippen LogP contribution in [0.15, 0.2) is 6.20 Å². The highest BCUT2D eigenvalue weighted by Crippen LogP contribution is 2.25. The van der Waals surface area contributed by atoms with Gasteiger partial charge in [0.05, 0.1) is 11.6 Å². The van der Waals surface area contributed by atoms with Gasteiger partial charge in [-0.15, -0.1) is 0 Å². The van der Waals surface area contributed by atoms with Gasteiger partial charge in [0.2, 0.25) is 0 Å². The summed E-state index contributed by atoms with van der Waals surface area (Å²) in [6.45, 7) is 6.04. The molecule has 118 valence electrons. The first-order valence-electron chi connectivity index (χ1n) is 7.09. The number of carboxylic acid groups (broad SMARTS) is 1. The van der Waals surface area contributed by atoms with Crippen molar-refractivity contribution in [2.45, 2.75) is 40.2 Å². The number of aliphatic carboxylic acids is 1. The first-order chi connectivity index (χ1) is 9.86. The van der Waals surface area contributed by atoms with Crippen LogP contribution in [0.4, 0.5) is 4.79 Å². The molecule has 0 saturated carbocycles. The molecule has 1 heterocycles. The number of amides is 2. The molecule has 0 aliphatic carbocycles. The molecule has 0 unspecified atom stereocenters. The highest BCUT2D eigenvalue weighted by Gasteiger charge is 2.35. The van der Waals surface area contributed by atoms with Gasteiger partial charge in [0, 0.05) is 31.4 Å². The zero-order valence-electron chi connectivity index (χ0n) is 13.1. The maximum absolute atomic E-state index is 11.8. The van der Waals surface area contributed by atoms with Gasteiger partial charge in [-0.2, -0.15) is 5.10 Å². The number of carbonyl (C=O) groups excluding carboxylic acids is 1. The number of carboxylic acids is 1. The van der Waals surface area contributed by atoms with Crippen LogP contribution in [0.25, 0.3) is 0 Å². The second-order valence-electron chi connectivity index (χ2n) is 5.21. The van der Waals surface area contributed by atoms with Crippen molar-refractivity contribution in [1.29, 1.82) is 0 Å². The predicted octanol–water partition coefficient (Wildman–Crippen LogP) is 1.42. The molecule has 0 atom stereocenters. The van der Waals surface area contributed by atoms with Gasteiger partial charge in [0.15, 0.2) is 0 Å². The smallest absolute Gasteiger partial charge is 0.315 e. The van der Waals surface area contributed by atoms with E-state index in [0.29, 0.717) is 19.4 Å². The standard InChI is InChI=1S/C14H24N4O3/c1-5-14(6-2,12(19)20)9-16-13(21)15-7-11-8-17-18(4)10(11)3/h8H,5-7,9H2,1-4H3,(H,19,20)(H2,15,16,21). The van der Waals surface area contributed by atoms with Crippen LogP contribution in [0.5, 0.6) is 0 Å². The average Bonchev–Trinajstić information content (AvgIpc) is 2.78. The molecule has 0 spiro atoms. The van der Waals surface area contributed by atoms with E-state index in [1.807, 2.05) is 27.8 Å². The number of hydrogen-bond acceptors (Lipinski definition) is 3. The molecular formula is C14H24N4O3. The van der Waals surface area contributed by atoms with Crippen molar-refractivity contribution < 1.29 is 14.7 Å². The first kappa shape index (κ1) is 17.0. The van der Waals surface area contributed by atoms with Crippen LogP contribution in [0.3, 0.4) is 0 Å². The Morgan fingerprint density at radius 3 is 2.38 bits per heavy atom. The number of nitrogens with one attached hydrogen (secondary N) is 2. The molecule has 0 bridgehead atoms. The van der Waals surface area contributed by atoms with Gasteiger partial charge in [-0.05, 0) is 19.8 Å². The molecule has 0 saturated heterocycles. The lowest BCUT2D eigenvalue weighted by atomic mass is 9.82. The minimum Gasteiger partial charge on any atom is -0.481 e. The molecule has 7 heteroatoms. The lowest BCUT2D eigenvalue weighted by molar-refractivity contribution is -0.149. The van der Waals surface area contributed by atoms with Gasteiger partial charge < -0.3 is 15.7 Å². The molecule has 1 aromatic heterocycles. The lowest BCUT2D eigenvalue weighted by Crippen LogP contribution is -2.45. The van der Waals surface area contributed by atoms with Crippen LogP contribution >= 0.6 is 0 Å². The van der Waals surface area contributed by atoms with Crippen molar-refractivity contribution in [3.8, 4) is 0 Å². The minimum atomic E-state index is -0.901. The van der Waals surface area contributed by atoms with Crippen molar-refractivity contribution in [2.75, 3.05) is 6.54 Å². The Hall–Kier alpha value is -2.05. The SMILES string of the molecule is CCC(CC)(CNC(=O)NCc1cnn(C)c1C)C(=O)O. The van der Waals surface area contributed by atoms with Crippen LogP contribution in [0, 0.1) is 12.3 Å². The molecule has 2 amide bonds. The number of urea groups is 1. The van der Waals surface area contributed by atoms with E-state index < -0.39 is 11.4 Å². The third-order valence-corrected chi connectivity index (χ3v) is 4.17. The third-order valence-electron chi connectivity index (χ3n) is 4.17. The number of aryl methyl sites for hydroxylation is 1. The van der Waals surface area contributed by atoms with E-state index in [0.717, 1.165) is 11.3 Å². The van der Waals surface area contributed by atoms with E-state index in [-0.39, 0.29) is 12.6 Å². The Kier molecular flexibility index (Phi) is 5.75. The quantitative estimate of drug-likeness (QED) is 0.709. The molecule has 0 aromatic carbocycles. The average molecular weight is 296 g/mol. The molecule has 1 rings (SSSR count). The highest BCUT2D eigenvalue weighted by atomic mass is 16.4. The van der Waals surface area contributed by atoms with Crippen LogP contribution in [0.2, 0.25) is 0 Å². The summed E-state index contributed by atoms with van der Waals surface area (Å²) in [5.41, 5.74) is 1.02. The van der Waals surface area contributed by atoms with Gasteiger partial charge >= 0.3 is 12.0 Å². The highest BCUT2D eigenvalue weighted by molar-refractivity contribution is 5.78. The Morgan fingerprint density at radius 2 is 1.95 bits per heavy atom. The number of aromatic nitrogens is 2. The van der Waals surface area contributed by atoms with Gasteiger partial charge in [-0.25, -0.2) is 4.79 Å². The first-order valence-corrected chi connectivity index (χ1v) is 7.09. The number of carbonyl (C=O) groups is 2. The van der Waals surface area contributed by atoms with Gasteiger partial charge in [-0.3, -0.25) is 9.48 Å². The van der Waals surface area contributed by atoms with Crippen molar-refractivity contribution in [1.82, 2.24) is 20.4 Å². The van der Waals surface area contributed by atoms with Gasteiger partial charge in [-0.1, -0.05) is 13.8 Å². The maximum atomic E-state index is 11.8. The Labute approximate surface area is 124 Å². The van der Waals surface area contributed by atoms with E-state index in [1.54, 1.807) is 10.9 Å². The summed E-state index contributed by atoms with van der Waals surface area (Å²) in [5, 5.41) is 18.8. The Bertz CT molecular complexity index is 506. The summed E-state index contributed by atoms with van der Waals surface area (Å²) < 4.78 is 1.73. The van der Waals surface area contributed by atoms with Crippen LogP contribution < -0.4 is 10.6 Å². The summed E-state index contributed by atoms with van der Waals surface area (Å²) in [6.07, 6.45) is 2.65. The second-order valence-corrected chi connectivity index (χ2v) is 5.21. The van der Waals surface area contributed by atoms with E-state index in [2.05, 4.69) is 15.7 Å². The van der Waals surface area contributed by atoms with Gasteiger partial charge in [0.1, 0.15) is 0 Å². The summed E-state index contributed by atoms with van der Waals surface area (Å²) in [5.74, 6) is -0.879. The van der Waals surface area contributed by atoms with Crippen molar-refractivity contribution >= 4 is 12.0 Å². The van der Waals surface area contributed by atoms with E-state index in [9.17, 15) is 14.7 Å². The number of nitrogens with zero attached hydrogens (tertiary/aromatic N) is 2. The van der Waals surface area contributed by atoms with E-state index >= 15 is 0 Å². The molecule has 7 nitrogen and oxygen atoms in total. The van der Waals surface area contributed by atoms with E-state index in [4.69, 9.17) is 0 Å². The molecule has 3 N–H and O–H groups in total. The maximum Gasteiger partial charge on any atom is 0.315 e. The lowest BCUT2D eigenvalue weighted by Gasteiger charge is -2.26. The van der Waals surface area contributed by atoms with Crippen LogP contribution in [0.1, 0.15) is 37.9 Å². The predicted molar refractivity (Wildman–Crippen MR) is 78.8 cm³/mol. The molecular weight excluding hydrogens is 272 g/mol. The zero-order valence-corrected chi connectivity index (χ0v) is 13.1. The largest absolute Gasteiger partial charge is 0.481 e. The van der Waals surface area contributed by atoms with Gasteiger partial charge in [0.25, 0.3) is 0 Å². The van der Waals surface area contributed by atoms with Crippen molar-refractivity contribution in [3.63, 3.8) is 0 Å². The van der Waals surface area contributed by atoms with Crippen LogP contribution in [-0.2, 0) is 18.4 Å². The molecule has 1 aromatic rings. The summed E-state index contributed by atoms with van der Waals surface area (Å²) in [4.78, 5) is 23.1. The number of rotatable bonds is 7. The fourth-order valence-corrected chi connectivity index (χ4v) is 2.08. The fraction of sp³-hybridized carbons (Fsp3) is 0.643.